The van der Waals surface area contributed by atoms with Gasteiger partial charge in [0, 0.05) is 0 Å². The van der Waals surface area contributed by atoms with E-state index < -0.39 is 0 Å². The molecule has 0 heterocycles. The molecule has 8 atom stereocenters. The molecule has 0 radical (unpaired) electrons. The van der Waals surface area contributed by atoms with Crippen molar-refractivity contribution in [3.8, 4) is 0 Å². The maximum atomic E-state index is 2.47. The third-order valence-corrected chi connectivity index (χ3v) is 9.22. The van der Waals surface area contributed by atoms with Crippen LogP contribution in [0.2, 0.25) is 0 Å². The normalized spacial score (nSPS) is 17.5. The molecule has 42 heavy (non-hydrogen) atoms. The maximum Gasteiger partial charge on any atom is -0.0188 e. The molecule has 0 nitrogen and oxygen atoms in total. The second kappa shape index (κ2) is 21.2. The molecule has 0 saturated carbocycles. The van der Waals surface area contributed by atoms with Gasteiger partial charge in [-0.2, -0.15) is 0 Å². The molecule has 0 saturated heterocycles. The zero-order chi connectivity index (χ0) is 31.7. The molecule has 0 aromatic heterocycles. The molecule has 0 aliphatic heterocycles. The molecule has 0 aliphatic carbocycles. The Kier molecular flexibility index (Phi) is 19.4. The van der Waals surface area contributed by atoms with Crippen molar-refractivity contribution >= 4 is 0 Å². The molecular weight excluding hydrogens is 504 g/mol. The van der Waals surface area contributed by atoms with Crippen molar-refractivity contribution < 1.29 is 0 Å². The van der Waals surface area contributed by atoms with Crippen molar-refractivity contribution in [3.63, 3.8) is 0 Å². The highest BCUT2D eigenvalue weighted by Gasteiger charge is 2.18. The first-order valence-corrected chi connectivity index (χ1v) is 17.9. The number of benzene rings is 2. The summed E-state index contributed by atoms with van der Waals surface area (Å²) in [6.45, 7) is 28.7. The van der Waals surface area contributed by atoms with Gasteiger partial charge in [-0.3, -0.25) is 0 Å². The summed E-state index contributed by atoms with van der Waals surface area (Å²) in [5.74, 6) is 8.14. The summed E-state index contributed by atoms with van der Waals surface area (Å²) < 4.78 is 0. The lowest BCUT2D eigenvalue weighted by molar-refractivity contribution is 0.283. The highest BCUT2D eigenvalue weighted by Crippen LogP contribution is 2.31. The largest absolute Gasteiger partial charge is 0.0628 e. The Morgan fingerprint density at radius 1 is 0.310 bits per heavy atom. The Morgan fingerprint density at radius 2 is 0.548 bits per heavy atom. The summed E-state index contributed by atoms with van der Waals surface area (Å²) in [5.41, 5.74) is 2.98. The van der Waals surface area contributed by atoms with Crippen LogP contribution in [0.4, 0.5) is 0 Å². The fraction of sp³-hybridized carbons (Fsp3) is 0.714. The fourth-order valence-electron chi connectivity index (χ4n) is 7.98. The molecule has 240 valence electrons. The molecule has 0 amide bonds. The fourth-order valence-corrected chi connectivity index (χ4v) is 7.98. The van der Waals surface area contributed by atoms with E-state index in [1.807, 2.05) is 0 Å². The minimum absolute atomic E-state index is 0.678. The van der Waals surface area contributed by atoms with Gasteiger partial charge in [0.2, 0.25) is 0 Å². The van der Waals surface area contributed by atoms with E-state index >= 15 is 0 Å². The van der Waals surface area contributed by atoms with Crippen LogP contribution in [0.25, 0.3) is 0 Å². The van der Waals surface area contributed by atoms with Crippen LogP contribution in [0.3, 0.4) is 0 Å². The Hall–Kier alpha value is -1.56. The average molecular weight is 577 g/mol. The van der Waals surface area contributed by atoms with E-state index in [1.165, 1.54) is 62.5 Å². The quantitative estimate of drug-likeness (QED) is 0.165. The van der Waals surface area contributed by atoms with Gasteiger partial charge in [0.05, 0.1) is 0 Å². The van der Waals surface area contributed by atoms with E-state index in [2.05, 4.69) is 144 Å². The summed E-state index contributed by atoms with van der Waals surface area (Å²) in [6.07, 6.45) is 10.9. The summed E-state index contributed by atoms with van der Waals surface area (Å²) in [6, 6.07) is 21.9. The van der Waals surface area contributed by atoms with Crippen LogP contribution >= 0.6 is 0 Å². The Labute approximate surface area is 264 Å². The van der Waals surface area contributed by atoms with Crippen molar-refractivity contribution in [2.75, 3.05) is 0 Å². The second-order valence-corrected chi connectivity index (χ2v) is 15.9. The molecule has 0 fully saturated rings. The van der Waals surface area contributed by atoms with Crippen LogP contribution in [-0.2, 0) is 0 Å². The molecule has 2 rings (SSSR count). The van der Waals surface area contributed by atoms with Gasteiger partial charge < -0.3 is 0 Å². The summed E-state index contributed by atoms with van der Waals surface area (Å²) in [4.78, 5) is 0. The number of rotatable bonds is 18. The Balaban J connectivity index is 0.000000437. The van der Waals surface area contributed by atoms with Gasteiger partial charge in [-0.15, -0.1) is 0 Å². The summed E-state index contributed by atoms with van der Waals surface area (Å²) in [7, 11) is 0. The van der Waals surface area contributed by atoms with Crippen LogP contribution in [0.5, 0.6) is 0 Å². The standard InChI is InChI=1S/C24H42.C18H30/c1-18(2)13-19(3)14-20(4)15-21(5)16-22(6)17-23(7)24-11-9-8-10-12-24;1-14(2)11-15(3)12-16(4)13-17(5)18-9-7-6-8-10-18/h8-12,18-23H,13-17H2,1-7H3;6-10,14-17H,11-13H2,1-5H3. The zero-order valence-electron chi connectivity index (χ0n) is 30.2. The van der Waals surface area contributed by atoms with Crippen molar-refractivity contribution in [2.24, 2.45) is 47.3 Å². The number of hydrogen-bond donors (Lipinski definition) is 0. The van der Waals surface area contributed by atoms with Crippen LogP contribution in [-0.4, -0.2) is 0 Å². The van der Waals surface area contributed by atoms with Gasteiger partial charge in [-0.1, -0.05) is 144 Å². The maximum absolute atomic E-state index is 2.47. The van der Waals surface area contributed by atoms with E-state index in [-0.39, 0.29) is 0 Å². The Morgan fingerprint density at radius 3 is 0.810 bits per heavy atom. The predicted octanol–water partition coefficient (Wildman–Crippen LogP) is 13.8. The first-order valence-electron chi connectivity index (χ1n) is 17.9. The number of hydrogen-bond acceptors (Lipinski definition) is 0. The van der Waals surface area contributed by atoms with Gasteiger partial charge in [0.15, 0.2) is 0 Å². The van der Waals surface area contributed by atoms with Gasteiger partial charge in [-0.05, 0) is 122 Å². The SMILES string of the molecule is CC(C)CC(C)CC(C)CC(C)CC(C)CC(C)c1ccccc1.CC(C)CC(C)CC(C)CC(C)c1ccccc1. The molecule has 2 aromatic rings. The summed E-state index contributed by atoms with van der Waals surface area (Å²) in [5, 5.41) is 0. The van der Waals surface area contributed by atoms with Gasteiger partial charge in [0.25, 0.3) is 0 Å². The average Bonchev–Trinajstić information content (AvgIpc) is 2.88. The monoisotopic (exact) mass is 577 g/mol. The molecule has 0 aliphatic rings. The van der Waals surface area contributed by atoms with E-state index in [1.54, 1.807) is 0 Å². The Bertz CT molecular complexity index is 881. The minimum atomic E-state index is 0.678. The van der Waals surface area contributed by atoms with Crippen molar-refractivity contribution in [2.45, 2.75) is 146 Å². The highest BCUT2D eigenvalue weighted by molar-refractivity contribution is 5.19. The molecular formula is C42H72. The lowest BCUT2D eigenvalue weighted by atomic mass is 9.81. The van der Waals surface area contributed by atoms with Gasteiger partial charge >= 0.3 is 0 Å². The molecule has 8 unspecified atom stereocenters. The lowest BCUT2D eigenvalue weighted by Crippen LogP contribution is -2.12. The summed E-state index contributed by atoms with van der Waals surface area (Å²) >= 11 is 0. The molecule has 0 bridgehead atoms. The van der Waals surface area contributed by atoms with Crippen LogP contribution in [0, 0.1) is 47.3 Å². The van der Waals surface area contributed by atoms with Gasteiger partial charge in [-0.25, -0.2) is 0 Å². The predicted molar refractivity (Wildman–Crippen MR) is 191 cm³/mol. The first-order chi connectivity index (χ1) is 19.8. The smallest absolute Gasteiger partial charge is 0.0188 e. The van der Waals surface area contributed by atoms with E-state index in [9.17, 15) is 0 Å². The second-order valence-electron chi connectivity index (χ2n) is 15.9. The first kappa shape index (κ1) is 38.5. The van der Waals surface area contributed by atoms with Crippen molar-refractivity contribution in [1.29, 1.82) is 0 Å². The van der Waals surface area contributed by atoms with Crippen molar-refractivity contribution in [3.05, 3.63) is 71.8 Å². The minimum Gasteiger partial charge on any atom is -0.0628 e. The molecule has 0 N–H and O–H groups in total. The topological polar surface area (TPSA) is 0 Å². The van der Waals surface area contributed by atoms with Crippen LogP contribution < -0.4 is 0 Å². The third-order valence-electron chi connectivity index (χ3n) is 9.22. The highest BCUT2D eigenvalue weighted by atomic mass is 14.2. The van der Waals surface area contributed by atoms with E-state index in [4.69, 9.17) is 0 Å². The zero-order valence-corrected chi connectivity index (χ0v) is 30.2. The molecule has 0 heteroatoms. The van der Waals surface area contributed by atoms with E-state index in [0.717, 1.165) is 47.3 Å². The van der Waals surface area contributed by atoms with E-state index in [0.29, 0.717) is 11.8 Å². The lowest BCUT2D eigenvalue weighted by Gasteiger charge is -2.25. The molecule has 2 aromatic carbocycles. The van der Waals surface area contributed by atoms with Crippen molar-refractivity contribution in [1.82, 2.24) is 0 Å². The van der Waals surface area contributed by atoms with Crippen LogP contribution in [0.15, 0.2) is 60.7 Å². The van der Waals surface area contributed by atoms with Gasteiger partial charge in [0.1, 0.15) is 0 Å². The van der Waals surface area contributed by atoms with Crippen LogP contribution in [0.1, 0.15) is 157 Å². The molecule has 0 spiro atoms. The third kappa shape index (κ3) is 18.2.